The van der Waals surface area contributed by atoms with Crippen molar-refractivity contribution in [1.29, 1.82) is 0 Å². The van der Waals surface area contributed by atoms with E-state index in [4.69, 9.17) is 4.74 Å². The summed E-state index contributed by atoms with van der Waals surface area (Å²) in [7, 11) is 0. The molecule has 0 saturated carbocycles. The van der Waals surface area contributed by atoms with Crippen molar-refractivity contribution in [1.82, 2.24) is 10.9 Å². The van der Waals surface area contributed by atoms with Gasteiger partial charge < -0.3 is 9.53 Å². The second kappa shape index (κ2) is 5.25. The van der Waals surface area contributed by atoms with Gasteiger partial charge in [0, 0.05) is 0 Å². The quantitative estimate of drug-likeness (QED) is 0.299. The van der Waals surface area contributed by atoms with E-state index in [0.717, 1.165) is 6.29 Å². The fourth-order valence-electron chi connectivity index (χ4n) is 0.851. The van der Waals surface area contributed by atoms with Crippen molar-refractivity contribution in [3.05, 3.63) is 12.2 Å². The van der Waals surface area contributed by atoms with Gasteiger partial charge in [0.15, 0.2) is 6.29 Å². The minimum Gasteiger partial charge on any atom is -0.363 e. The van der Waals surface area contributed by atoms with Crippen molar-refractivity contribution in [2.45, 2.75) is 6.10 Å². The van der Waals surface area contributed by atoms with Crippen LogP contribution < -0.4 is 10.9 Å². The first kappa shape index (κ1) is 10.6. The molecule has 0 aromatic heterocycles. The van der Waals surface area contributed by atoms with Crippen LogP contribution in [0.3, 0.4) is 0 Å². The van der Waals surface area contributed by atoms with E-state index in [9.17, 15) is 14.4 Å². The molecule has 14 heavy (non-hydrogen) atoms. The first-order valence-corrected chi connectivity index (χ1v) is 4.03. The van der Waals surface area contributed by atoms with E-state index < -0.39 is 11.7 Å². The molecule has 1 amide bonds. The first-order valence-electron chi connectivity index (χ1n) is 4.03. The van der Waals surface area contributed by atoms with Gasteiger partial charge >= 0.3 is 5.91 Å². The summed E-state index contributed by atoms with van der Waals surface area (Å²) in [6.07, 6.45) is 4.09. The topological polar surface area (TPSA) is 84.5 Å². The minimum atomic E-state index is -0.542. The number of hydrogen-bond acceptors (Lipinski definition) is 5. The number of aldehydes is 1. The normalized spacial score (nSPS) is 24.1. The number of ketones is 1. The first-order chi connectivity index (χ1) is 6.74. The highest BCUT2D eigenvalue weighted by molar-refractivity contribution is 6.38. The molecule has 1 fully saturated rings. The second-order valence-electron chi connectivity index (χ2n) is 2.59. The molecule has 1 atom stereocenters. The van der Waals surface area contributed by atoms with Crippen LogP contribution in [0.15, 0.2) is 12.2 Å². The number of nitrogens with one attached hydrogen (secondary N) is 2. The Morgan fingerprint density at radius 3 is 2.50 bits per heavy atom. The van der Waals surface area contributed by atoms with Gasteiger partial charge in [-0.2, -0.15) is 0 Å². The molecule has 0 bridgehead atoms. The summed E-state index contributed by atoms with van der Waals surface area (Å²) >= 11 is 0. The average Bonchev–Trinajstić information content (AvgIpc) is 2.80. The van der Waals surface area contributed by atoms with Gasteiger partial charge in [0.1, 0.15) is 6.10 Å². The number of carbonyl (C=O) groups is 3. The van der Waals surface area contributed by atoms with Crippen LogP contribution in [-0.4, -0.2) is 37.2 Å². The lowest BCUT2D eigenvalue weighted by Gasteiger charge is -1.92. The lowest BCUT2D eigenvalue weighted by molar-refractivity contribution is -0.134. The molecule has 0 aromatic carbocycles. The van der Waals surface area contributed by atoms with Crippen molar-refractivity contribution >= 4 is 18.0 Å². The van der Waals surface area contributed by atoms with Crippen LogP contribution in [0.1, 0.15) is 0 Å². The maximum absolute atomic E-state index is 10.1. The second-order valence-corrected chi connectivity index (χ2v) is 2.59. The van der Waals surface area contributed by atoms with Crippen molar-refractivity contribution in [3.8, 4) is 0 Å². The molecule has 0 aromatic rings. The molecule has 0 aliphatic carbocycles. The molecule has 2 aliphatic rings. The summed E-state index contributed by atoms with van der Waals surface area (Å²) in [5.41, 5.74) is 4.50. The number of carbonyl (C=O) groups excluding carboxylic acids is 3. The number of hydrazine groups is 1. The molecule has 6 heteroatoms. The zero-order valence-corrected chi connectivity index (χ0v) is 7.36. The third-order valence-electron chi connectivity index (χ3n) is 1.55. The van der Waals surface area contributed by atoms with Gasteiger partial charge in [-0.05, 0) is 0 Å². The van der Waals surface area contributed by atoms with Crippen LogP contribution in [0.5, 0.6) is 0 Å². The molecule has 1 unspecified atom stereocenters. The van der Waals surface area contributed by atoms with Crippen molar-refractivity contribution < 1.29 is 19.1 Å². The van der Waals surface area contributed by atoms with Gasteiger partial charge in [-0.3, -0.25) is 15.0 Å². The van der Waals surface area contributed by atoms with Gasteiger partial charge in [-0.15, -0.1) is 0 Å². The fourth-order valence-corrected chi connectivity index (χ4v) is 0.851. The number of amides is 1. The van der Waals surface area contributed by atoms with Gasteiger partial charge in [-0.1, -0.05) is 12.2 Å². The van der Waals surface area contributed by atoms with E-state index >= 15 is 0 Å². The van der Waals surface area contributed by atoms with E-state index in [1.807, 2.05) is 6.08 Å². The smallest absolute Gasteiger partial charge is 0.302 e. The van der Waals surface area contributed by atoms with Crippen molar-refractivity contribution in [2.75, 3.05) is 13.2 Å². The lowest BCUT2D eigenvalue weighted by Crippen LogP contribution is -2.26. The van der Waals surface area contributed by atoms with Crippen LogP contribution in [0.25, 0.3) is 0 Å². The van der Waals surface area contributed by atoms with E-state index in [1.54, 1.807) is 6.08 Å². The zero-order chi connectivity index (χ0) is 10.4. The Labute approximate surface area is 80.3 Å². The Balaban J connectivity index is 0.000000140. The van der Waals surface area contributed by atoms with E-state index in [-0.39, 0.29) is 12.6 Å². The highest BCUT2D eigenvalue weighted by Crippen LogP contribution is 1.97. The Hall–Kier alpha value is -1.53. The molecule has 76 valence electrons. The van der Waals surface area contributed by atoms with Crippen LogP contribution in [-0.2, 0) is 19.1 Å². The van der Waals surface area contributed by atoms with Crippen LogP contribution >= 0.6 is 0 Å². The third kappa shape index (κ3) is 3.08. The molecule has 2 N–H and O–H groups in total. The molecule has 0 radical (unpaired) electrons. The van der Waals surface area contributed by atoms with E-state index in [0.29, 0.717) is 6.61 Å². The summed E-state index contributed by atoms with van der Waals surface area (Å²) in [6.45, 7) is 0.711. The molecular formula is C8H10N2O4. The molecule has 2 rings (SSSR count). The number of rotatable bonds is 1. The Kier molecular flexibility index (Phi) is 3.96. The monoisotopic (exact) mass is 198 g/mol. The molecule has 1 saturated heterocycles. The van der Waals surface area contributed by atoms with Gasteiger partial charge in [0.05, 0.1) is 13.2 Å². The van der Waals surface area contributed by atoms with E-state index in [1.165, 1.54) is 0 Å². The Bertz CT molecular complexity index is 261. The molecule has 2 heterocycles. The average molecular weight is 198 g/mol. The molecule has 0 spiro atoms. The maximum atomic E-state index is 10.1. The Morgan fingerprint density at radius 1 is 1.50 bits per heavy atom. The summed E-state index contributed by atoms with van der Waals surface area (Å²) in [5, 5.41) is 0. The standard InChI is InChI=1S/C5H6O2.C3H4N2O2/c6-4-5-2-1-3-7-5;6-2-1-4-5-3(2)7/h1-2,4-5H,3H2;4H,1H2,(H,5,7). The SMILES string of the molecule is O=C1CNNC1=O.O=CC1C=CCO1. The number of Topliss-reactive ketones (excluding diaryl/α,β-unsaturated/α-hetero) is 1. The molecule has 6 nitrogen and oxygen atoms in total. The lowest BCUT2D eigenvalue weighted by atomic mass is 10.4. The third-order valence-corrected chi connectivity index (χ3v) is 1.55. The number of ether oxygens (including phenoxy) is 1. The molecular weight excluding hydrogens is 188 g/mol. The largest absolute Gasteiger partial charge is 0.363 e. The van der Waals surface area contributed by atoms with Crippen LogP contribution in [0.2, 0.25) is 0 Å². The van der Waals surface area contributed by atoms with E-state index in [2.05, 4.69) is 10.9 Å². The summed E-state index contributed by atoms with van der Waals surface area (Å²) in [6, 6.07) is 0. The highest BCUT2D eigenvalue weighted by atomic mass is 16.5. The van der Waals surface area contributed by atoms with Crippen molar-refractivity contribution in [2.24, 2.45) is 0 Å². The Morgan fingerprint density at radius 2 is 2.29 bits per heavy atom. The van der Waals surface area contributed by atoms with Crippen LogP contribution in [0, 0.1) is 0 Å². The highest BCUT2D eigenvalue weighted by Gasteiger charge is 2.18. The predicted octanol–water partition coefficient (Wildman–Crippen LogP) is -1.67. The maximum Gasteiger partial charge on any atom is 0.302 e. The van der Waals surface area contributed by atoms with Crippen LogP contribution in [0.4, 0.5) is 0 Å². The van der Waals surface area contributed by atoms with Gasteiger partial charge in [-0.25, -0.2) is 5.43 Å². The molecule has 2 aliphatic heterocycles. The summed E-state index contributed by atoms with van der Waals surface area (Å²) < 4.78 is 4.82. The number of hydrogen-bond donors (Lipinski definition) is 2. The van der Waals surface area contributed by atoms with Gasteiger partial charge in [0.25, 0.3) is 0 Å². The summed E-state index contributed by atoms with van der Waals surface area (Å²) in [5.74, 6) is -0.944. The van der Waals surface area contributed by atoms with Gasteiger partial charge in [0.2, 0.25) is 5.78 Å². The van der Waals surface area contributed by atoms with Crippen molar-refractivity contribution in [3.63, 3.8) is 0 Å². The zero-order valence-electron chi connectivity index (χ0n) is 7.36. The fraction of sp³-hybridized carbons (Fsp3) is 0.375. The predicted molar refractivity (Wildman–Crippen MR) is 46.1 cm³/mol. The minimum absolute atomic E-state index is 0.124. The summed E-state index contributed by atoms with van der Waals surface area (Å²) in [4.78, 5) is 30.0.